The van der Waals surface area contributed by atoms with Gasteiger partial charge in [0.05, 0.1) is 18.6 Å². The van der Waals surface area contributed by atoms with E-state index in [4.69, 9.17) is 10.5 Å². The van der Waals surface area contributed by atoms with Crippen molar-refractivity contribution in [3.63, 3.8) is 0 Å². The Balaban J connectivity index is 3.24. The van der Waals surface area contributed by atoms with Crippen molar-refractivity contribution >= 4 is 25.7 Å². The number of anilines is 1. The van der Waals surface area contributed by atoms with E-state index in [0.29, 0.717) is 12.2 Å². The topological polar surface area (TPSA) is 128 Å². The van der Waals surface area contributed by atoms with Gasteiger partial charge < -0.3 is 10.5 Å². The summed E-state index contributed by atoms with van der Waals surface area (Å²) in [5.74, 6) is 0.160. The van der Waals surface area contributed by atoms with Crippen LogP contribution in [0.5, 0.6) is 5.75 Å². The summed E-state index contributed by atoms with van der Waals surface area (Å²) in [7, 11) is -6.19. The molecule has 0 spiro atoms. The number of benzene rings is 1. The molecule has 4 N–H and O–H groups in total. The average Bonchev–Trinajstić information content (AvgIpc) is 2.57. The van der Waals surface area contributed by atoms with E-state index in [1.165, 1.54) is 32.2 Å². The quantitative estimate of drug-likeness (QED) is 0.519. The van der Waals surface area contributed by atoms with E-state index in [2.05, 4.69) is 9.44 Å². The largest absolute Gasteiger partial charge is 0.497 e. The van der Waals surface area contributed by atoms with Crippen LogP contribution < -0.4 is 19.9 Å². The molecule has 0 aliphatic carbocycles. The Labute approximate surface area is 150 Å². The summed E-state index contributed by atoms with van der Waals surface area (Å²) >= 11 is 0. The highest BCUT2D eigenvalue weighted by Gasteiger charge is 2.24. The fourth-order valence-electron chi connectivity index (χ4n) is 2.15. The first-order valence-electron chi connectivity index (χ1n) is 8.10. The molecule has 0 saturated carbocycles. The van der Waals surface area contributed by atoms with Crippen molar-refractivity contribution in [3.8, 4) is 5.75 Å². The Hall–Kier alpha value is -1.36. The number of unbranched alkanes of at least 4 members (excludes halogenated alkanes) is 1. The monoisotopic (exact) mass is 393 g/mol. The van der Waals surface area contributed by atoms with Gasteiger partial charge in [-0.1, -0.05) is 19.8 Å². The van der Waals surface area contributed by atoms with Crippen molar-refractivity contribution in [2.45, 2.75) is 44.0 Å². The molecule has 0 heterocycles. The minimum Gasteiger partial charge on any atom is -0.497 e. The minimum absolute atomic E-state index is 0.0556. The predicted octanol–water partition coefficient (Wildman–Crippen LogP) is 1.25. The lowest BCUT2D eigenvalue weighted by molar-refractivity contribution is 0.414. The first-order chi connectivity index (χ1) is 11.7. The van der Waals surface area contributed by atoms with Crippen molar-refractivity contribution < 1.29 is 21.6 Å². The lowest BCUT2D eigenvalue weighted by atomic mass is 10.1. The van der Waals surface area contributed by atoms with Crippen LogP contribution in [-0.2, 0) is 20.0 Å². The molecule has 0 fully saturated rings. The standard InChI is InChI=1S/C15H27N3O5S2/c1-4-6-7-12(11-16)17-25(21,22)15-9-8-13(23-3)10-14(15)18-24(19,20)5-2/h8-10,12,17-18H,4-7,11,16H2,1-3H3. The number of nitrogens with one attached hydrogen (secondary N) is 2. The Bertz CT molecular complexity index is 763. The third kappa shape index (κ3) is 6.46. The van der Waals surface area contributed by atoms with Gasteiger partial charge in [0.2, 0.25) is 20.0 Å². The minimum atomic E-state index is -3.95. The molecule has 1 aromatic rings. The molecule has 144 valence electrons. The first-order valence-corrected chi connectivity index (χ1v) is 11.2. The molecule has 0 amide bonds. The third-order valence-corrected chi connectivity index (χ3v) is 6.50. The SMILES string of the molecule is CCCCC(CN)NS(=O)(=O)c1ccc(OC)cc1NS(=O)(=O)CC. The van der Waals surface area contributed by atoms with Crippen LogP contribution in [0.2, 0.25) is 0 Å². The van der Waals surface area contributed by atoms with Crippen LogP contribution in [0.4, 0.5) is 5.69 Å². The molecule has 0 saturated heterocycles. The van der Waals surface area contributed by atoms with E-state index in [9.17, 15) is 16.8 Å². The summed E-state index contributed by atoms with van der Waals surface area (Å²) in [5, 5.41) is 0. The molecule has 0 aromatic heterocycles. The molecule has 8 nitrogen and oxygen atoms in total. The summed E-state index contributed by atoms with van der Waals surface area (Å²) in [6.45, 7) is 3.62. The fraction of sp³-hybridized carbons (Fsp3) is 0.600. The second kappa shape index (κ2) is 9.37. The van der Waals surface area contributed by atoms with E-state index in [0.717, 1.165) is 12.8 Å². The summed E-state index contributed by atoms with van der Waals surface area (Å²) in [4.78, 5) is -0.166. The lowest BCUT2D eigenvalue weighted by Gasteiger charge is -2.19. The second-order valence-corrected chi connectivity index (χ2v) is 9.26. The summed E-state index contributed by atoms with van der Waals surface area (Å²) in [6.07, 6.45) is 2.36. The molecule has 10 heteroatoms. The van der Waals surface area contributed by atoms with Crippen molar-refractivity contribution in [1.82, 2.24) is 4.72 Å². The van der Waals surface area contributed by atoms with Crippen LogP contribution in [-0.4, -0.2) is 42.3 Å². The number of hydrogen-bond acceptors (Lipinski definition) is 6. The fourth-order valence-corrected chi connectivity index (χ4v) is 4.29. The van der Waals surface area contributed by atoms with Gasteiger partial charge in [-0.25, -0.2) is 21.6 Å². The number of sulfonamides is 2. The van der Waals surface area contributed by atoms with Crippen LogP contribution in [0.3, 0.4) is 0 Å². The van der Waals surface area contributed by atoms with Crippen LogP contribution in [0.15, 0.2) is 23.1 Å². The Morgan fingerprint density at radius 3 is 2.40 bits per heavy atom. The Kier molecular flexibility index (Phi) is 8.13. The molecule has 1 aromatic carbocycles. The van der Waals surface area contributed by atoms with Crippen LogP contribution in [0.25, 0.3) is 0 Å². The van der Waals surface area contributed by atoms with Gasteiger partial charge in [0.25, 0.3) is 0 Å². The first kappa shape index (κ1) is 21.7. The number of rotatable bonds is 11. The zero-order valence-electron chi connectivity index (χ0n) is 14.8. The Morgan fingerprint density at radius 1 is 1.20 bits per heavy atom. The summed E-state index contributed by atoms with van der Waals surface area (Å²) in [5.41, 5.74) is 5.59. The highest BCUT2D eigenvalue weighted by Crippen LogP contribution is 2.27. The predicted molar refractivity (Wildman–Crippen MR) is 98.8 cm³/mol. The van der Waals surface area contributed by atoms with Crippen LogP contribution in [0.1, 0.15) is 33.1 Å². The van der Waals surface area contributed by atoms with Gasteiger partial charge in [-0.05, 0) is 25.5 Å². The highest BCUT2D eigenvalue weighted by molar-refractivity contribution is 7.93. The van der Waals surface area contributed by atoms with E-state index in [-0.39, 0.29) is 22.9 Å². The van der Waals surface area contributed by atoms with Gasteiger partial charge in [-0.2, -0.15) is 0 Å². The average molecular weight is 394 g/mol. The van der Waals surface area contributed by atoms with Crippen molar-refractivity contribution in [1.29, 1.82) is 0 Å². The molecule has 1 rings (SSSR count). The Morgan fingerprint density at radius 2 is 1.88 bits per heavy atom. The van der Waals surface area contributed by atoms with Gasteiger partial charge in [-0.15, -0.1) is 0 Å². The number of hydrogen-bond donors (Lipinski definition) is 3. The normalized spacial score (nSPS) is 13.4. The van der Waals surface area contributed by atoms with E-state index in [1.807, 2.05) is 6.92 Å². The number of ether oxygens (including phenoxy) is 1. The zero-order valence-corrected chi connectivity index (χ0v) is 16.4. The third-order valence-electron chi connectivity index (χ3n) is 3.63. The molecule has 1 unspecified atom stereocenters. The van der Waals surface area contributed by atoms with E-state index in [1.54, 1.807) is 0 Å². The molecular weight excluding hydrogens is 366 g/mol. The van der Waals surface area contributed by atoms with Gasteiger partial charge in [0, 0.05) is 18.7 Å². The molecule has 0 aliphatic rings. The zero-order chi connectivity index (χ0) is 19.1. The van der Waals surface area contributed by atoms with Crippen molar-refractivity contribution in [2.75, 3.05) is 24.1 Å². The smallest absolute Gasteiger partial charge is 0.242 e. The maximum Gasteiger partial charge on any atom is 0.242 e. The van der Waals surface area contributed by atoms with Gasteiger partial charge >= 0.3 is 0 Å². The van der Waals surface area contributed by atoms with Gasteiger partial charge in [0.15, 0.2) is 0 Å². The summed E-state index contributed by atoms with van der Waals surface area (Å²) < 4.78 is 59.1. The highest BCUT2D eigenvalue weighted by atomic mass is 32.2. The van der Waals surface area contributed by atoms with Crippen LogP contribution in [0, 0.1) is 0 Å². The number of methoxy groups -OCH3 is 1. The molecule has 0 radical (unpaired) electrons. The summed E-state index contributed by atoms with van der Waals surface area (Å²) in [6, 6.07) is 3.69. The van der Waals surface area contributed by atoms with Crippen molar-refractivity contribution in [2.24, 2.45) is 5.73 Å². The van der Waals surface area contributed by atoms with E-state index >= 15 is 0 Å². The molecular formula is C15H27N3O5S2. The van der Waals surface area contributed by atoms with E-state index < -0.39 is 26.1 Å². The van der Waals surface area contributed by atoms with Crippen LogP contribution >= 0.6 is 0 Å². The molecule has 25 heavy (non-hydrogen) atoms. The van der Waals surface area contributed by atoms with Crippen molar-refractivity contribution in [3.05, 3.63) is 18.2 Å². The molecule has 0 aliphatic heterocycles. The second-order valence-electron chi connectivity index (χ2n) is 5.56. The lowest BCUT2D eigenvalue weighted by Crippen LogP contribution is -2.40. The maximum absolute atomic E-state index is 12.7. The maximum atomic E-state index is 12.7. The molecule has 1 atom stereocenters. The van der Waals surface area contributed by atoms with Gasteiger partial charge in [0.1, 0.15) is 10.6 Å². The van der Waals surface area contributed by atoms with Gasteiger partial charge in [-0.3, -0.25) is 4.72 Å². The number of nitrogens with two attached hydrogens (primary N) is 1. The molecule has 0 bridgehead atoms.